The molecule has 1 aromatic rings. The van der Waals surface area contributed by atoms with Crippen LogP contribution >= 0.6 is 0 Å². The Morgan fingerprint density at radius 3 is 2.16 bits per heavy atom. The summed E-state index contributed by atoms with van der Waals surface area (Å²) in [6, 6.07) is 10.2. The molecule has 1 saturated heterocycles. The number of rotatable bonds is 12. The fourth-order valence-electron chi connectivity index (χ4n) is 3.87. The molecule has 0 unspecified atom stereocenters. The van der Waals surface area contributed by atoms with Gasteiger partial charge in [-0.1, -0.05) is 32.0 Å². The predicted octanol–water partition coefficient (Wildman–Crippen LogP) is 2.66. The molecule has 0 aliphatic carbocycles. The maximum atomic E-state index is 12.4. The Labute approximate surface area is 186 Å². The number of amides is 3. The zero-order chi connectivity index (χ0) is 22.5. The third kappa shape index (κ3) is 8.59. The van der Waals surface area contributed by atoms with Crippen LogP contribution in [-0.4, -0.2) is 73.3 Å². The molecule has 1 heterocycles. The Kier molecular flexibility index (Phi) is 10.9. The molecular weight excluding hydrogens is 392 g/mol. The van der Waals surface area contributed by atoms with Gasteiger partial charge in [-0.2, -0.15) is 0 Å². The number of hydrogen-bond donors (Lipinski definition) is 1. The summed E-state index contributed by atoms with van der Waals surface area (Å²) in [5, 5.41) is 2.82. The molecule has 1 aliphatic heterocycles. The monoisotopic (exact) mass is 430 g/mol. The lowest BCUT2D eigenvalue weighted by Gasteiger charge is -2.36. The molecular formula is C24H38N4O3. The van der Waals surface area contributed by atoms with E-state index in [9.17, 15) is 14.4 Å². The Morgan fingerprint density at radius 1 is 0.903 bits per heavy atom. The van der Waals surface area contributed by atoms with E-state index in [4.69, 9.17) is 0 Å². The number of hydrogen-bond acceptors (Lipinski definition) is 4. The lowest BCUT2D eigenvalue weighted by atomic mass is 10.2. The van der Waals surface area contributed by atoms with Gasteiger partial charge in [0.15, 0.2) is 0 Å². The van der Waals surface area contributed by atoms with Crippen LogP contribution in [0.25, 0.3) is 0 Å². The van der Waals surface area contributed by atoms with Crippen molar-refractivity contribution < 1.29 is 14.4 Å². The van der Waals surface area contributed by atoms with Crippen LogP contribution in [0.5, 0.6) is 0 Å². The summed E-state index contributed by atoms with van der Waals surface area (Å²) in [5.74, 6) is 0.117. The van der Waals surface area contributed by atoms with E-state index >= 15 is 0 Å². The Balaban J connectivity index is 1.58. The maximum Gasteiger partial charge on any atom is 0.224 e. The van der Waals surface area contributed by atoms with Gasteiger partial charge in [-0.05, 0) is 31.4 Å². The summed E-state index contributed by atoms with van der Waals surface area (Å²) in [7, 11) is 0. The van der Waals surface area contributed by atoms with Crippen molar-refractivity contribution in [1.82, 2.24) is 15.1 Å². The zero-order valence-corrected chi connectivity index (χ0v) is 19.1. The Morgan fingerprint density at radius 2 is 1.55 bits per heavy atom. The van der Waals surface area contributed by atoms with E-state index < -0.39 is 0 Å². The second-order valence-corrected chi connectivity index (χ2v) is 8.04. The molecule has 0 atom stereocenters. The average molecular weight is 431 g/mol. The molecule has 0 radical (unpaired) electrons. The van der Waals surface area contributed by atoms with E-state index in [1.54, 1.807) is 0 Å². The van der Waals surface area contributed by atoms with Crippen molar-refractivity contribution in [3.8, 4) is 0 Å². The lowest BCUT2D eigenvalue weighted by molar-refractivity contribution is -0.132. The lowest BCUT2D eigenvalue weighted by Crippen LogP contribution is -2.49. The smallest absolute Gasteiger partial charge is 0.224 e. The fourth-order valence-corrected chi connectivity index (χ4v) is 3.87. The van der Waals surface area contributed by atoms with Gasteiger partial charge in [0.25, 0.3) is 0 Å². The van der Waals surface area contributed by atoms with E-state index in [0.29, 0.717) is 45.3 Å². The highest BCUT2D eigenvalue weighted by molar-refractivity contribution is 5.80. The second-order valence-electron chi connectivity index (χ2n) is 8.04. The van der Waals surface area contributed by atoms with Gasteiger partial charge in [-0.3, -0.25) is 14.4 Å². The van der Waals surface area contributed by atoms with Gasteiger partial charge >= 0.3 is 0 Å². The largest absolute Gasteiger partial charge is 0.368 e. The summed E-state index contributed by atoms with van der Waals surface area (Å²) >= 11 is 0. The molecule has 1 N–H and O–H groups in total. The van der Waals surface area contributed by atoms with E-state index in [1.807, 2.05) is 28.0 Å². The quantitative estimate of drug-likeness (QED) is 0.553. The number of carbonyl (C=O) groups excluding carboxylic acids is 3. The van der Waals surface area contributed by atoms with Crippen LogP contribution in [0.4, 0.5) is 5.69 Å². The molecule has 0 aromatic heterocycles. The SMILES string of the molecule is CCCN(CCC)C(=O)CCCC(=O)NCCC(=O)N1CCN(c2ccccc2)CC1. The number of anilines is 1. The second kappa shape index (κ2) is 13.7. The molecule has 3 amide bonds. The maximum absolute atomic E-state index is 12.4. The van der Waals surface area contributed by atoms with E-state index in [0.717, 1.165) is 39.0 Å². The molecule has 0 saturated carbocycles. The first kappa shape index (κ1) is 24.7. The third-order valence-corrected chi connectivity index (χ3v) is 5.55. The minimum atomic E-state index is -0.0907. The van der Waals surface area contributed by atoms with Gasteiger partial charge < -0.3 is 20.0 Å². The van der Waals surface area contributed by atoms with Gasteiger partial charge in [0.05, 0.1) is 0 Å². The first-order valence-electron chi connectivity index (χ1n) is 11.7. The molecule has 7 nitrogen and oxygen atoms in total. The summed E-state index contributed by atoms with van der Waals surface area (Å²) in [6.07, 6.45) is 3.48. The van der Waals surface area contributed by atoms with Crippen molar-refractivity contribution in [3.63, 3.8) is 0 Å². The van der Waals surface area contributed by atoms with Crippen molar-refractivity contribution in [2.75, 3.05) is 50.7 Å². The Bertz CT molecular complexity index is 681. The minimum absolute atomic E-state index is 0.0814. The van der Waals surface area contributed by atoms with Crippen molar-refractivity contribution in [3.05, 3.63) is 30.3 Å². The van der Waals surface area contributed by atoms with Crippen molar-refractivity contribution in [2.45, 2.75) is 52.4 Å². The third-order valence-electron chi connectivity index (χ3n) is 5.55. The summed E-state index contributed by atoms with van der Waals surface area (Å²) in [6.45, 7) is 9.09. The minimum Gasteiger partial charge on any atom is -0.368 e. The number of benzene rings is 1. The summed E-state index contributed by atoms with van der Waals surface area (Å²) in [5.41, 5.74) is 1.19. The van der Waals surface area contributed by atoms with Crippen LogP contribution in [0.2, 0.25) is 0 Å². The first-order valence-corrected chi connectivity index (χ1v) is 11.7. The predicted molar refractivity (Wildman–Crippen MR) is 124 cm³/mol. The molecule has 1 aliphatic rings. The van der Waals surface area contributed by atoms with Crippen molar-refractivity contribution in [1.29, 1.82) is 0 Å². The van der Waals surface area contributed by atoms with Crippen molar-refractivity contribution >= 4 is 23.4 Å². The molecule has 0 spiro atoms. The normalized spacial score (nSPS) is 13.7. The van der Waals surface area contributed by atoms with Crippen LogP contribution in [0.15, 0.2) is 30.3 Å². The Hall–Kier alpha value is -2.57. The summed E-state index contributed by atoms with van der Waals surface area (Å²) < 4.78 is 0. The van der Waals surface area contributed by atoms with Crippen LogP contribution in [0.1, 0.15) is 52.4 Å². The number of nitrogens with one attached hydrogen (secondary N) is 1. The van der Waals surface area contributed by atoms with Gasteiger partial charge in [-0.15, -0.1) is 0 Å². The van der Waals surface area contributed by atoms with Crippen LogP contribution in [-0.2, 0) is 14.4 Å². The fraction of sp³-hybridized carbons (Fsp3) is 0.625. The van der Waals surface area contributed by atoms with Crippen molar-refractivity contribution in [2.24, 2.45) is 0 Å². The number of para-hydroxylation sites is 1. The number of carbonyl (C=O) groups is 3. The molecule has 1 fully saturated rings. The standard InChI is InChI=1S/C24H38N4O3/c1-3-15-27(16-4-2)23(30)12-8-11-22(29)25-14-13-24(31)28-19-17-26(18-20-28)21-9-6-5-7-10-21/h5-7,9-10H,3-4,8,11-20H2,1-2H3,(H,25,29). The van der Waals surface area contributed by atoms with Gasteiger partial charge in [0, 0.05) is 70.8 Å². The van der Waals surface area contributed by atoms with E-state index in [1.165, 1.54) is 5.69 Å². The van der Waals surface area contributed by atoms with Crippen LogP contribution < -0.4 is 10.2 Å². The topological polar surface area (TPSA) is 73.0 Å². The molecule has 0 bridgehead atoms. The van der Waals surface area contributed by atoms with E-state index in [2.05, 4.69) is 36.2 Å². The molecule has 172 valence electrons. The molecule has 7 heteroatoms. The molecule has 2 rings (SSSR count). The first-order chi connectivity index (χ1) is 15.0. The van der Waals surface area contributed by atoms with Crippen LogP contribution in [0.3, 0.4) is 0 Å². The zero-order valence-electron chi connectivity index (χ0n) is 19.1. The summed E-state index contributed by atoms with van der Waals surface area (Å²) in [4.78, 5) is 42.7. The average Bonchev–Trinajstić information content (AvgIpc) is 2.79. The van der Waals surface area contributed by atoms with Gasteiger partial charge in [0.2, 0.25) is 17.7 Å². The highest BCUT2D eigenvalue weighted by Crippen LogP contribution is 2.15. The van der Waals surface area contributed by atoms with Gasteiger partial charge in [0.1, 0.15) is 0 Å². The van der Waals surface area contributed by atoms with Crippen LogP contribution in [0, 0.1) is 0 Å². The van der Waals surface area contributed by atoms with E-state index in [-0.39, 0.29) is 17.7 Å². The molecule has 1 aromatic carbocycles. The van der Waals surface area contributed by atoms with Gasteiger partial charge in [-0.25, -0.2) is 0 Å². The number of nitrogens with zero attached hydrogens (tertiary/aromatic N) is 3. The molecule has 31 heavy (non-hydrogen) atoms. The highest BCUT2D eigenvalue weighted by atomic mass is 16.2. The number of piperazine rings is 1. The highest BCUT2D eigenvalue weighted by Gasteiger charge is 2.21.